The Morgan fingerprint density at radius 2 is 2.00 bits per heavy atom. The molecule has 0 radical (unpaired) electrons. The molecule has 1 aromatic heterocycles. The van der Waals surface area contributed by atoms with Crippen LogP contribution in [0.2, 0.25) is 0 Å². The zero-order valence-electron chi connectivity index (χ0n) is 9.16. The topological polar surface area (TPSA) is 56.3 Å². The van der Waals surface area contributed by atoms with E-state index < -0.39 is 10.1 Å². The van der Waals surface area contributed by atoms with Crippen LogP contribution in [0.15, 0.2) is 40.7 Å². The molecule has 0 amide bonds. The fourth-order valence-corrected chi connectivity index (χ4v) is 2.63. The van der Waals surface area contributed by atoms with Crippen molar-refractivity contribution in [3.05, 3.63) is 47.0 Å². The highest BCUT2D eigenvalue weighted by Crippen LogP contribution is 2.15. The van der Waals surface area contributed by atoms with Crippen LogP contribution in [0.3, 0.4) is 0 Å². The second-order valence-corrected chi connectivity index (χ2v) is 5.83. The number of aromatic nitrogens is 1. The van der Waals surface area contributed by atoms with Gasteiger partial charge in [-0.3, -0.25) is 4.18 Å². The maximum atomic E-state index is 11.8. The van der Waals surface area contributed by atoms with Gasteiger partial charge in [0, 0.05) is 17.1 Å². The van der Waals surface area contributed by atoms with Crippen LogP contribution in [0.1, 0.15) is 11.1 Å². The zero-order chi connectivity index (χ0) is 12.3. The van der Waals surface area contributed by atoms with Gasteiger partial charge >= 0.3 is 0 Å². The third kappa shape index (κ3) is 3.12. The molecule has 0 saturated carbocycles. The number of nitrogens with zero attached hydrogens (tertiary/aromatic N) is 1. The van der Waals surface area contributed by atoms with Crippen molar-refractivity contribution in [2.24, 2.45) is 0 Å². The van der Waals surface area contributed by atoms with Gasteiger partial charge in [0.25, 0.3) is 10.1 Å². The lowest BCUT2D eigenvalue weighted by Crippen LogP contribution is -2.06. The summed E-state index contributed by atoms with van der Waals surface area (Å²) in [7, 11) is -3.68. The van der Waals surface area contributed by atoms with E-state index in [4.69, 9.17) is 4.18 Å². The van der Waals surface area contributed by atoms with Gasteiger partial charge in [-0.25, -0.2) is 4.37 Å². The molecule has 0 aliphatic rings. The van der Waals surface area contributed by atoms with Crippen LogP contribution in [-0.2, 0) is 20.9 Å². The summed E-state index contributed by atoms with van der Waals surface area (Å²) in [5.41, 5.74) is 1.76. The number of aryl methyl sites for hydroxylation is 1. The SMILES string of the molecule is Cc1ccc(S(=O)(=O)OCc2cnsc2)cc1. The molecule has 0 unspecified atom stereocenters. The van der Waals surface area contributed by atoms with Crippen molar-refractivity contribution in [2.45, 2.75) is 18.4 Å². The van der Waals surface area contributed by atoms with E-state index in [0.29, 0.717) is 0 Å². The number of hydrogen-bond donors (Lipinski definition) is 0. The molecule has 0 spiro atoms. The number of benzene rings is 1. The van der Waals surface area contributed by atoms with Crippen LogP contribution in [-0.4, -0.2) is 12.8 Å². The average Bonchev–Trinajstić information content (AvgIpc) is 2.80. The Bertz CT molecular complexity index is 574. The summed E-state index contributed by atoms with van der Waals surface area (Å²) in [5, 5.41) is 1.75. The summed E-state index contributed by atoms with van der Waals surface area (Å²) in [4.78, 5) is 0.172. The monoisotopic (exact) mass is 269 g/mol. The van der Waals surface area contributed by atoms with Crippen molar-refractivity contribution >= 4 is 21.7 Å². The molecular formula is C11H11NO3S2. The Morgan fingerprint density at radius 1 is 1.29 bits per heavy atom. The first-order valence-electron chi connectivity index (χ1n) is 4.92. The van der Waals surface area contributed by atoms with Gasteiger partial charge in [-0.2, -0.15) is 8.42 Å². The maximum Gasteiger partial charge on any atom is 0.297 e. The van der Waals surface area contributed by atoms with Crippen molar-refractivity contribution in [3.8, 4) is 0 Å². The minimum Gasteiger partial charge on any atom is -0.261 e. The molecule has 0 aliphatic carbocycles. The lowest BCUT2D eigenvalue weighted by molar-refractivity contribution is 0.308. The second-order valence-electron chi connectivity index (χ2n) is 3.56. The molecule has 1 heterocycles. The molecule has 2 rings (SSSR count). The van der Waals surface area contributed by atoms with Crippen molar-refractivity contribution in [1.29, 1.82) is 0 Å². The molecule has 2 aromatic rings. The van der Waals surface area contributed by atoms with Gasteiger partial charge in [-0.1, -0.05) is 17.7 Å². The van der Waals surface area contributed by atoms with E-state index in [1.54, 1.807) is 23.7 Å². The quantitative estimate of drug-likeness (QED) is 0.799. The Kier molecular flexibility index (Phi) is 3.56. The molecule has 0 saturated heterocycles. The number of hydrogen-bond acceptors (Lipinski definition) is 5. The largest absolute Gasteiger partial charge is 0.297 e. The van der Waals surface area contributed by atoms with Crippen LogP contribution in [0, 0.1) is 6.92 Å². The highest BCUT2D eigenvalue weighted by atomic mass is 32.2. The third-order valence-electron chi connectivity index (χ3n) is 2.17. The molecular weight excluding hydrogens is 258 g/mol. The van der Waals surface area contributed by atoms with Gasteiger partial charge in [0.15, 0.2) is 0 Å². The molecule has 90 valence electrons. The van der Waals surface area contributed by atoms with Crippen LogP contribution < -0.4 is 0 Å². The van der Waals surface area contributed by atoms with E-state index in [0.717, 1.165) is 11.1 Å². The second kappa shape index (κ2) is 4.95. The van der Waals surface area contributed by atoms with Crippen LogP contribution in [0.5, 0.6) is 0 Å². The van der Waals surface area contributed by atoms with Crippen molar-refractivity contribution < 1.29 is 12.6 Å². The Hall–Kier alpha value is -1.24. The van der Waals surface area contributed by atoms with Gasteiger partial charge in [0.1, 0.15) is 0 Å². The highest BCUT2D eigenvalue weighted by molar-refractivity contribution is 7.86. The first-order chi connectivity index (χ1) is 8.08. The molecule has 4 nitrogen and oxygen atoms in total. The minimum absolute atomic E-state index is 0.0205. The Labute approximate surface area is 104 Å². The highest BCUT2D eigenvalue weighted by Gasteiger charge is 2.14. The first-order valence-corrected chi connectivity index (χ1v) is 7.17. The summed E-state index contributed by atoms with van der Waals surface area (Å²) >= 11 is 1.26. The normalized spacial score (nSPS) is 11.6. The predicted octanol–water partition coefficient (Wildman–Crippen LogP) is 2.36. The predicted molar refractivity (Wildman–Crippen MR) is 65.3 cm³/mol. The zero-order valence-corrected chi connectivity index (χ0v) is 10.8. The van der Waals surface area contributed by atoms with Crippen LogP contribution in [0.4, 0.5) is 0 Å². The summed E-state index contributed by atoms with van der Waals surface area (Å²) < 4.78 is 32.4. The third-order valence-corrected chi connectivity index (χ3v) is 4.09. The summed E-state index contributed by atoms with van der Waals surface area (Å²) in [5.74, 6) is 0. The maximum absolute atomic E-state index is 11.8. The fourth-order valence-electron chi connectivity index (χ4n) is 1.22. The molecule has 0 bridgehead atoms. The van der Waals surface area contributed by atoms with Crippen molar-refractivity contribution in [1.82, 2.24) is 4.37 Å². The molecule has 0 atom stereocenters. The molecule has 1 aromatic carbocycles. The van der Waals surface area contributed by atoms with Gasteiger partial charge in [0.05, 0.1) is 11.5 Å². The average molecular weight is 269 g/mol. The van der Waals surface area contributed by atoms with E-state index in [2.05, 4.69) is 4.37 Å². The fraction of sp³-hybridized carbons (Fsp3) is 0.182. The summed E-state index contributed by atoms with van der Waals surface area (Å²) in [6.45, 7) is 1.92. The minimum atomic E-state index is -3.68. The van der Waals surface area contributed by atoms with Gasteiger partial charge in [-0.05, 0) is 30.6 Å². The van der Waals surface area contributed by atoms with Gasteiger partial charge < -0.3 is 0 Å². The van der Waals surface area contributed by atoms with E-state index in [-0.39, 0.29) is 11.5 Å². The standard InChI is InChI=1S/C11H11NO3S2/c1-9-2-4-11(5-3-9)17(13,14)15-7-10-6-12-16-8-10/h2-6,8H,7H2,1H3. The Morgan fingerprint density at radius 3 is 2.59 bits per heavy atom. The number of rotatable bonds is 4. The molecule has 17 heavy (non-hydrogen) atoms. The van der Waals surface area contributed by atoms with Gasteiger partial charge in [0.2, 0.25) is 0 Å². The summed E-state index contributed by atoms with van der Waals surface area (Å²) in [6, 6.07) is 6.55. The molecule has 0 N–H and O–H groups in total. The first kappa shape index (κ1) is 12.2. The van der Waals surface area contributed by atoms with Gasteiger partial charge in [-0.15, -0.1) is 0 Å². The van der Waals surface area contributed by atoms with E-state index in [1.807, 2.05) is 6.92 Å². The molecule has 6 heteroatoms. The van der Waals surface area contributed by atoms with Crippen LogP contribution in [0.25, 0.3) is 0 Å². The molecule has 0 aliphatic heterocycles. The summed E-state index contributed by atoms with van der Waals surface area (Å²) in [6.07, 6.45) is 1.59. The van der Waals surface area contributed by atoms with E-state index in [1.165, 1.54) is 23.7 Å². The lowest BCUT2D eigenvalue weighted by atomic mass is 10.2. The van der Waals surface area contributed by atoms with Crippen molar-refractivity contribution in [2.75, 3.05) is 0 Å². The lowest BCUT2D eigenvalue weighted by Gasteiger charge is -2.04. The van der Waals surface area contributed by atoms with Crippen LogP contribution >= 0.6 is 11.5 Å². The van der Waals surface area contributed by atoms with Crippen molar-refractivity contribution in [3.63, 3.8) is 0 Å². The van der Waals surface area contributed by atoms with E-state index in [9.17, 15) is 8.42 Å². The Balaban J connectivity index is 2.11. The van der Waals surface area contributed by atoms with E-state index >= 15 is 0 Å². The molecule has 0 fully saturated rings. The smallest absolute Gasteiger partial charge is 0.261 e.